The first kappa shape index (κ1) is 24.2. The Morgan fingerprint density at radius 3 is 2.18 bits per heavy atom. The summed E-state index contributed by atoms with van der Waals surface area (Å²) in [6, 6.07) is 9.59. The first-order chi connectivity index (χ1) is 16.0. The third-order valence-electron chi connectivity index (χ3n) is 7.34. The number of ether oxygens (including phenoxy) is 1. The maximum Gasteiger partial charge on any atom is 0.236 e. The van der Waals surface area contributed by atoms with Gasteiger partial charge in [-0.15, -0.1) is 0 Å². The Bertz CT molecular complexity index is 763. The molecule has 1 aromatic carbocycles. The molecule has 33 heavy (non-hydrogen) atoms. The van der Waals surface area contributed by atoms with Gasteiger partial charge in [0.2, 0.25) is 11.8 Å². The molecular weight excluding hydrogens is 416 g/mol. The fourth-order valence-corrected chi connectivity index (χ4v) is 5.57. The highest BCUT2D eigenvalue weighted by atomic mass is 16.5. The molecule has 0 bridgehead atoms. The summed E-state index contributed by atoms with van der Waals surface area (Å²) in [4.78, 5) is 32.2. The number of carbonyl (C=O) groups excluding carboxylic acids is 2. The molecule has 7 heteroatoms. The molecule has 1 aromatic rings. The molecule has 2 atom stereocenters. The summed E-state index contributed by atoms with van der Waals surface area (Å²) in [5, 5.41) is 3.00. The van der Waals surface area contributed by atoms with E-state index >= 15 is 0 Å². The normalized spacial score (nSPS) is 26.3. The van der Waals surface area contributed by atoms with E-state index in [4.69, 9.17) is 4.74 Å². The SMILES string of the molecule is CC1CN(CC2CCN(CC(=O)N3CCC(C(=O)Nc4ccccc4)CC3)CC2)CC(C)O1. The van der Waals surface area contributed by atoms with Crippen LogP contribution in [0.3, 0.4) is 0 Å². The van der Waals surface area contributed by atoms with E-state index in [1.54, 1.807) is 0 Å². The Balaban J connectivity index is 1.14. The van der Waals surface area contributed by atoms with Crippen LogP contribution in [0.2, 0.25) is 0 Å². The van der Waals surface area contributed by atoms with Crippen molar-refractivity contribution in [2.75, 3.05) is 57.7 Å². The van der Waals surface area contributed by atoms with Crippen molar-refractivity contribution in [1.82, 2.24) is 14.7 Å². The Morgan fingerprint density at radius 2 is 1.55 bits per heavy atom. The highest BCUT2D eigenvalue weighted by Crippen LogP contribution is 2.23. The number of morpholine rings is 1. The first-order valence-corrected chi connectivity index (χ1v) is 12.7. The average molecular weight is 457 g/mol. The van der Waals surface area contributed by atoms with Crippen LogP contribution in [0.1, 0.15) is 39.5 Å². The molecule has 0 spiro atoms. The van der Waals surface area contributed by atoms with Crippen molar-refractivity contribution in [3.8, 4) is 0 Å². The van der Waals surface area contributed by atoms with E-state index in [0.717, 1.165) is 64.1 Å². The zero-order valence-corrected chi connectivity index (χ0v) is 20.2. The van der Waals surface area contributed by atoms with E-state index < -0.39 is 0 Å². The van der Waals surface area contributed by atoms with Crippen molar-refractivity contribution < 1.29 is 14.3 Å². The van der Waals surface area contributed by atoms with E-state index in [2.05, 4.69) is 29.0 Å². The van der Waals surface area contributed by atoms with Crippen molar-refractivity contribution >= 4 is 17.5 Å². The van der Waals surface area contributed by atoms with Crippen LogP contribution < -0.4 is 5.32 Å². The number of anilines is 1. The summed E-state index contributed by atoms with van der Waals surface area (Å²) >= 11 is 0. The molecule has 3 fully saturated rings. The maximum atomic E-state index is 12.9. The average Bonchev–Trinajstić information content (AvgIpc) is 2.80. The second-order valence-electron chi connectivity index (χ2n) is 10.2. The minimum atomic E-state index is -0.0179. The van der Waals surface area contributed by atoms with E-state index in [-0.39, 0.29) is 17.7 Å². The minimum Gasteiger partial charge on any atom is -0.373 e. The van der Waals surface area contributed by atoms with Crippen LogP contribution in [0.15, 0.2) is 30.3 Å². The van der Waals surface area contributed by atoms with Crippen LogP contribution in [0, 0.1) is 11.8 Å². The van der Waals surface area contributed by atoms with Gasteiger partial charge < -0.3 is 15.0 Å². The lowest BCUT2D eigenvalue weighted by Crippen LogP contribution is -2.49. The van der Waals surface area contributed by atoms with Crippen LogP contribution >= 0.6 is 0 Å². The summed E-state index contributed by atoms with van der Waals surface area (Å²) < 4.78 is 5.86. The van der Waals surface area contributed by atoms with Gasteiger partial charge in [-0.25, -0.2) is 0 Å². The molecular formula is C26H40N4O3. The van der Waals surface area contributed by atoms with Crippen molar-refractivity contribution in [1.29, 1.82) is 0 Å². The Hall–Kier alpha value is -1.96. The van der Waals surface area contributed by atoms with Crippen molar-refractivity contribution in [3.63, 3.8) is 0 Å². The highest BCUT2D eigenvalue weighted by molar-refractivity contribution is 5.92. The van der Waals surface area contributed by atoms with Crippen molar-refractivity contribution in [2.24, 2.45) is 11.8 Å². The molecule has 0 radical (unpaired) electrons. The van der Waals surface area contributed by atoms with E-state index in [0.29, 0.717) is 37.8 Å². The van der Waals surface area contributed by atoms with Gasteiger partial charge in [0.1, 0.15) is 0 Å². The van der Waals surface area contributed by atoms with Gasteiger partial charge in [0.25, 0.3) is 0 Å². The molecule has 3 saturated heterocycles. The minimum absolute atomic E-state index is 0.0179. The number of nitrogens with zero attached hydrogens (tertiary/aromatic N) is 3. The Kier molecular flexibility index (Phi) is 8.39. The first-order valence-electron chi connectivity index (χ1n) is 12.7. The summed E-state index contributed by atoms with van der Waals surface area (Å²) in [5.41, 5.74) is 0.835. The van der Waals surface area contributed by atoms with E-state index in [9.17, 15) is 9.59 Å². The molecule has 7 nitrogen and oxygen atoms in total. The van der Waals surface area contributed by atoms with Crippen LogP contribution in [0.4, 0.5) is 5.69 Å². The second kappa shape index (κ2) is 11.4. The van der Waals surface area contributed by atoms with Gasteiger partial charge in [-0.2, -0.15) is 0 Å². The van der Waals surface area contributed by atoms with Crippen molar-refractivity contribution in [3.05, 3.63) is 30.3 Å². The highest BCUT2D eigenvalue weighted by Gasteiger charge is 2.30. The monoisotopic (exact) mass is 456 g/mol. The number of carbonyl (C=O) groups is 2. The van der Waals surface area contributed by atoms with Crippen LogP contribution in [-0.2, 0) is 14.3 Å². The van der Waals surface area contributed by atoms with Crippen LogP contribution in [0.5, 0.6) is 0 Å². The third kappa shape index (κ3) is 7.01. The molecule has 182 valence electrons. The van der Waals surface area contributed by atoms with Crippen LogP contribution in [0.25, 0.3) is 0 Å². The number of benzene rings is 1. The number of para-hydroxylation sites is 1. The van der Waals surface area contributed by atoms with Gasteiger partial charge in [0.15, 0.2) is 0 Å². The molecule has 2 unspecified atom stereocenters. The number of likely N-dealkylation sites (tertiary alicyclic amines) is 2. The van der Waals surface area contributed by atoms with Gasteiger partial charge in [-0.1, -0.05) is 18.2 Å². The van der Waals surface area contributed by atoms with E-state index in [1.807, 2.05) is 35.2 Å². The standard InChI is InChI=1S/C26H40N4O3/c1-20-16-29(17-21(2)33-20)18-22-8-12-28(13-9-22)19-25(31)30-14-10-23(11-15-30)26(32)27-24-6-4-3-5-7-24/h3-7,20-23H,8-19H2,1-2H3,(H,27,32). The largest absolute Gasteiger partial charge is 0.373 e. The predicted octanol–water partition coefficient (Wildman–Crippen LogP) is 2.68. The number of hydrogen-bond donors (Lipinski definition) is 1. The zero-order chi connectivity index (χ0) is 23.2. The van der Waals surface area contributed by atoms with Gasteiger partial charge in [0.05, 0.1) is 18.8 Å². The summed E-state index contributed by atoms with van der Waals surface area (Å²) in [6.45, 7) is 11.4. The number of nitrogens with one attached hydrogen (secondary N) is 1. The second-order valence-corrected chi connectivity index (χ2v) is 10.2. The third-order valence-corrected chi connectivity index (χ3v) is 7.34. The number of rotatable bonds is 6. The molecule has 0 aromatic heterocycles. The van der Waals surface area contributed by atoms with Gasteiger partial charge in [-0.05, 0) is 70.7 Å². The molecule has 0 aliphatic carbocycles. The topological polar surface area (TPSA) is 65.1 Å². The zero-order valence-electron chi connectivity index (χ0n) is 20.2. The quantitative estimate of drug-likeness (QED) is 0.713. The van der Waals surface area contributed by atoms with Crippen LogP contribution in [-0.4, -0.2) is 91.1 Å². The predicted molar refractivity (Wildman–Crippen MR) is 130 cm³/mol. The summed E-state index contributed by atoms with van der Waals surface area (Å²) in [7, 11) is 0. The lowest BCUT2D eigenvalue weighted by atomic mass is 9.95. The molecule has 2 amide bonds. The number of hydrogen-bond acceptors (Lipinski definition) is 5. The fraction of sp³-hybridized carbons (Fsp3) is 0.692. The molecule has 3 heterocycles. The van der Waals surface area contributed by atoms with Gasteiger partial charge >= 0.3 is 0 Å². The molecule has 3 aliphatic heterocycles. The van der Waals surface area contributed by atoms with Crippen molar-refractivity contribution in [2.45, 2.75) is 51.7 Å². The lowest BCUT2D eigenvalue weighted by Gasteiger charge is -2.40. The van der Waals surface area contributed by atoms with E-state index in [1.165, 1.54) is 0 Å². The Morgan fingerprint density at radius 1 is 0.909 bits per heavy atom. The molecule has 3 aliphatic rings. The number of piperidine rings is 2. The molecule has 4 rings (SSSR count). The lowest BCUT2D eigenvalue weighted by molar-refractivity contribution is -0.136. The summed E-state index contributed by atoms with van der Waals surface area (Å²) in [6.07, 6.45) is 4.44. The molecule has 0 saturated carbocycles. The smallest absolute Gasteiger partial charge is 0.236 e. The summed E-state index contributed by atoms with van der Waals surface area (Å²) in [5.74, 6) is 0.981. The number of amides is 2. The molecule has 1 N–H and O–H groups in total. The maximum absolute atomic E-state index is 12.9. The Labute approximate surface area is 198 Å². The van der Waals surface area contributed by atoms with Gasteiger partial charge in [-0.3, -0.25) is 19.4 Å². The fourth-order valence-electron chi connectivity index (χ4n) is 5.57. The van der Waals surface area contributed by atoms with Gasteiger partial charge in [0, 0.05) is 44.3 Å².